The first-order valence-electron chi connectivity index (χ1n) is 17.2. The predicted octanol–water partition coefficient (Wildman–Crippen LogP) is 11.3. The van der Waals surface area contributed by atoms with E-state index in [9.17, 15) is 0 Å². The van der Waals surface area contributed by atoms with E-state index in [1.807, 2.05) is 158 Å². The highest BCUT2D eigenvalue weighted by Gasteiger charge is 2.46. The summed E-state index contributed by atoms with van der Waals surface area (Å²) in [5, 5.41) is 0. The molecule has 0 saturated heterocycles. The van der Waals surface area contributed by atoms with E-state index in [0.717, 1.165) is 28.1 Å². The Balaban J connectivity index is 1.07. The van der Waals surface area contributed by atoms with Crippen LogP contribution in [0.5, 0.6) is 17.2 Å². The van der Waals surface area contributed by atoms with Gasteiger partial charge in [0.15, 0.2) is 11.2 Å². The van der Waals surface area contributed by atoms with E-state index in [1.165, 1.54) is 0 Å². The number of rotatable bonds is 11. The summed E-state index contributed by atoms with van der Waals surface area (Å²) >= 11 is -3.10. The van der Waals surface area contributed by atoms with Gasteiger partial charge in [0, 0.05) is 17.1 Å². The fraction of sp³-hybridized carbons (Fsp3) is 0. The minimum absolute atomic E-state index is 0.438. The molecule has 254 valence electrons. The molecule has 0 radical (unpaired) electrons. The number of oxazole rings is 2. The molecule has 0 spiro atoms. The molecular formula is C44H30AlN3O5. The van der Waals surface area contributed by atoms with Crippen molar-refractivity contribution < 1.29 is 20.2 Å². The topological polar surface area (TPSA) is 83.0 Å². The summed E-state index contributed by atoms with van der Waals surface area (Å²) in [7, 11) is 0. The zero-order valence-corrected chi connectivity index (χ0v) is 29.4. The largest absolute Gasteiger partial charge is 1.20 e. The maximum atomic E-state index is 6.70. The van der Waals surface area contributed by atoms with Crippen LogP contribution in [0.25, 0.3) is 45.1 Å². The quantitative estimate of drug-likeness (QED) is 0.123. The molecule has 53 heavy (non-hydrogen) atoms. The van der Waals surface area contributed by atoms with Crippen molar-refractivity contribution in [1.29, 1.82) is 0 Å². The molecule has 0 amide bonds. The van der Waals surface area contributed by atoms with Gasteiger partial charge < -0.3 is 25.1 Å². The van der Waals surface area contributed by atoms with Gasteiger partial charge in [-0.3, -0.25) is 0 Å². The van der Waals surface area contributed by atoms with Crippen LogP contribution in [0.15, 0.2) is 191 Å². The zero-order valence-electron chi connectivity index (χ0n) is 28.3. The van der Waals surface area contributed by atoms with Crippen molar-refractivity contribution in [1.82, 2.24) is 9.97 Å². The third-order valence-electron chi connectivity index (χ3n) is 8.63. The van der Waals surface area contributed by atoms with Gasteiger partial charge in [0.2, 0.25) is 11.8 Å². The van der Waals surface area contributed by atoms with Crippen LogP contribution in [0.1, 0.15) is 0 Å². The second-order valence-electron chi connectivity index (χ2n) is 12.1. The van der Waals surface area contributed by atoms with Crippen molar-refractivity contribution in [2.75, 3.05) is 4.90 Å². The highest BCUT2D eigenvalue weighted by atomic mass is 27.3. The summed E-state index contributed by atoms with van der Waals surface area (Å²) in [6.07, 6.45) is 0. The molecule has 0 aliphatic heterocycles. The molecule has 2 aromatic heterocycles. The van der Waals surface area contributed by atoms with Crippen LogP contribution in [0, 0.1) is 0 Å². The number of benzene rings is 7. The Morgan fingerprint density at radius 3 is 1.30 bits per heavy atom. The number of nitrogens with zero attached hydrogens (tertiary/aromatic N) is 3. The Bertz CT molecular complexity index is 2400. The number of aromatic nitrogens is 2. The summed E-state index contributed by atoms with van der Waals surface area (Å²) in [4.78, 5) is 11.7. The summed E-state index contributed by atoms with van der Waals surface area (Å²) in [5.41, 5.74) is 7.29. The van der Waals surface area contributed by atoms with Crippen LogP contribution in [-0.2, 0) is 0 Å². The number of hydrogen-bond acceptors (Lipinski definition) is 8. The Labute approximate surface area is 310 Å². The molecule has 9 heteroatoms. The third kappa shape index (κ3) is 6.83. The number of fused-ring (bicyclic) bond motifs is 2. The van der Waals surface area contributed by atoms with Gasteiger partial charge in [0.25, 0.3) is 0 Å². The lowest BCUT2D eigenvalue weighted by atomic mass is 10.2. The van der Waals surface area contributed by atoms with Crippen LogP contribution in [-0.4, -0.2) is 25.1 Å². The molecule has 9 rings (SSSR count). The van der Waals surface area contributed by atoms with Crippen LogP contribution in [0.2, 0.25) is 0 Å². The molecule has 0 aliphatic rings. The monoisotopic (exact) mass is 707 g/mol. The lowest BCUT2D eigenvalue weighted by molar-refractivity contribution is 0.308. The molecule has 0 atom stereocenters. The zero-order chi connectivity index (χ0) is 35.4. The van der Waals surface area contributed by atoms with Crippen LogP contribution >= 0.6 is 0 Å². The molecule has 2 heterocycles. The van der Waals surface area contributed by atoms with Crippen molar-refractivity contribution in [3.8, 4) is 40.2 Å². The van der Waals surface area contributed by atoms with Gasteiger partial charge in [-0.1, -0.05) is 84.9 Å². The highest BCUT2D eigenvalue weighted by Crippen LogP contribution is 2.37. The minimum Gasteiger partial charge on any atom is -0.577 e. The first kappa shape index (κ1) is 32.1. The van der Waals surface area contributed by atoms with Gasteiger partial charge in [-0.15, -0.1) is 0 Å². The van der Waals surface area contributed by atoms with E-state index >= 15 is 0 Å². The Hall–Kier alpha value is -6.79. The first-order valence-corrected chi connectivity index (χ1v) is 18.6. The maximum absolute atomic E-state index is 6.70. The van der Waals surface area contributed by atoms with E-state index in [-0.39, 0.29) is 0 Å². The van der Waals surface area contributed by atoms with Crippen LogP contribution < -0.4 is 16.3 Å². The van der Waals surface area contributed by atoms with Crippen molar-refractivity contribution in [2.45, 2.75) is 0 Å². The molecule has 7 aromatic carbocycles. The average Bonchev–Trinajstić information content (AvgIpc) is 3.85. The summed E-state index contributed by atoms with van der Waals surface area (Å²) < 4.78 is 32.3. The number of para-hydroxylation sites is 8. The maximum Gasteiger partial charge on any atom is 1.20 e. The second-order valence-corrected chi connectivity index (χ2v) is 13.4. The number of anilines is 3. The number of hydrogen-bond donors (Lipinski definition) is 0. The van der Waals surface area contributed by atoms with Gasteiger partial charge in [-0.05, 0) is 97.1 Å². The molecular weight excluding hydrogens is 677 g/mol. The second kappa shape index (κ2) is 14.4. The van der Waals surface area contributed by atoms with E-state index in [0.29, 0.717) is 51.3 Å². The summed E-state index contributed by atoms with van der Waals surface area (Å²) in [5.74, 6) is 2.50. The van der Waals surface area contributed by atoms with Crippen molar-refractivity contribution in [3.05, 3.63) is 182 Å². The van der Waals surface area contributed by atoms with Crippen LogP contribution in [0.3, 0.4) is 0 Å². The summed E-state index contributed by atoms with van der Waals surface area (Å²) in [6, 6.07) is 58.9. The van der Waals surface area contributed by atoms with Crippen molar-refractivity contribution >= 4 is 54.4 Å². The first-order chi connectivity index (χ1) is 26.2. The summed E-state index contributed by atoms with van der Waals surface area (Å²) in [6.45, 7) is 0. The van der Waals surface area contributed by atoms with E-state index in [2.05, 4.69) is 29.2 Å². The fourth-order valence-corrected chi connectivity index (χ4v) is 7.48. The molecule has 0 saturated carbocycles. The highest BCUT2D eigenvalue weighted by molar-refractivity contribution is 6.39. The normalized spacial score (nSPS) is 11.0. The van der Waals surface area contributed by atoms with Crippen LogP contribution in [0.4, 0.5) is 17.1 Å². The SMILES string of the molecule is c1ccc(N(c2ccccc2)c2ccc([O][Al]([O]c3ccccc3-c3nc4ccccc4o3)[O]c3ccccc3-c3nc4ccccc4o3)cc2)cc1. The third-order valence-corrected chi connectivity index (χ3v) is 9.98. The lowest BCUT2D eigenvalue weighted by Crippen LogP contribution is -2.37. The van der Waals surface area contributed by atoms with Crippen molar-refractivity contribution in [2.24, 2.45) is 0 Å². The molecule has 0 N–H and O–H groups in total. The minimum atomic E-state index is -3.10. The van der Waals surface area contributed by atoms with Gasteiger partial charge in [0.1, 0.15) is 11.0 Å². The van der Waals surface area contributed by atoms with Gasteiger partial charge in [0.05, 0.1) is 28.4 Å². The average molecular weight is 708 g/mol. The molecule has 0 fully saturated rings. The van der Waals surface area contributed by atoms with Crippen molar-refractivity contribution in [3.63, 3.8) is 0 Å². The van der Waals surface area contributed by atoms with Gasteiger partial charge >= 0.3 is 15.1 Å². The molecule has 8 nitrogen and oxygen atoms in total. The Kier molecular flexibility index (Phi) is 8.76. The van der Waals surface area contributed by atoms with E-state index in [1.54, 1.807) is 0 Å². The van der Waals surface area contributed by atoms with E-state index in [4.69, 9.17) is 30.2 Å². The molecule has 0 aliphatic carbocycles. The lowest BCUT2D eigenvalue weighted by Gasteiger charge is -2.25. The van der Waals surface area contributed by atoms with Gasteiger partial charge in [-0.2, -0.15) is 0 Å². The standard InChI is InChI=1S/C18H15NO.2C13H9NO2.Al/c20-18-13-11-17(12-14-18)19(15-7-3-1-4-8-15)16-9-5-2-6-10-16;2*15-11-7-3-1-5-9(11)13-14-10-6-2-4-8-12(10)16-13;/h1-14,20H;2*1-8,15H;/q;;;+3/p-3. The molecule has 0 bridgehead atoms. The predicted molar refractivity (Wildman–Crippen MR) is 208 cm³/mol. The van der Waals surface area contributed by atoms with Gasteiger partial charge in [-0.25, -0.2) is 9.97 Å². The smallest absolute Gasteiger partial charge is 0.577 e. The Morgan fingerprint density at radius 2 is 0.811 bits per heavy atom. The molecule has 0 unspecified atom stereocenters. The Morgan fingerprint density at radius 1 is 0.396 bits per heavy atom. The van der Waals surface area contributed by atoms with E-state index < -0.39 is 15.1 Å². The molecule has 9 aromatic rings. The fourth-order valence-electron chi connectivity index (χ4n) is 6.13.